The Balaban J connectivity index is 1.85. The molecule has 1 aromatic rings. The Morgan fingerprint density at radius 3 is 2.96 bits per heavy atom. The maximum atomic E-state index is 11.9. The quantitative estimate of drug-likeness (QED) is 0.800. The van der Waals surface area contributed by atoms with Crippen molar-refractivity contribution in [2.45, 2.75) is 44.9 Å². The summed E-state index contributed by atoms with van der Waals surface area (Å²) in [7, 11) is 0. The molecule has 4 nitrogen and oxygen atoms in total. The SMILES string of the molecule is CCC[C@@H](C)NC(=O)CSCc1cc(Cl)c2c(c1)OCCCO2. The molecule has 0 saturated heterocycles. The van der Waals surface area contributed by atoms with Crippen LogP contribution in [0.1, 0.15) is 38.7 Å². The largest absolute Gasteiger partial charge is 0.489 e. The van der Waals surface area contributed by atoms with Crippen LogP contribution >= 0.6 is 23.4 Å². The van der Waals surface area contributed by atoms with Crippen molar-refractivity contribution in [3.8, 4) is 11.5 Å². The molecule has 1 aliphatic rings. The molecule has 0 fully saturated rings. The van der Waals surface area contributed by atoms with Crippen LogP contribution in [0.5, 0.6) is 11.5 Å². The van der Waals surface area contributed by atoms with Gasteiger partial charge in [0.2, 0.25) is 5.91 Å². The van der Waals surface area contributed by atoms with Gasteiger partial charge in [0, 0.05) is 18.2 Å². The van der Waals surface area contributed by atoms with Gasteiger partial charge >= 0.3 is 0 Å². The zero-order valence-electron chi connectivity index (χ0n) is 13.7. The first-order valence-electron chi connectivity index (χ1n) is 8.05. The third-order valence-electron chi connectivity index (χ3n) is 3.49. The second kappa shape index (κ2) is 9.28. The van der Waals surface area contributed by atoms with Crippen LogP contribution in [-0.2, 0) is 10.5 Å². The highest BCUT2D eigenvalue weighted by molar-refractivity contribution is 7.99. The average molecular weight is 358 g/mol. The lowest BCUT2D eigenvalue weighted by molar-refractivity contribution is -0.119. The van der Waals surface area contributed by atoms with Gasteiger partial charge in [-0.2, -0.15) is 0 Å². The Labute approximate surface area is 147 Å². The van der Waals surface area contributed by atoms with E-state index in [0.717, 1.165) is 24.8 Å². The lowest BCUT2D eigenvalue weighted by atomic mass is 10.2. The molecule has 0 radical (unpaired) electrons. The molecule has 1 amide bonds. The molecule has 23 heavy (non-hydrogen) atoms. The number of benzene rings is 1. The standard InChI is InChI=1S/C17H24ClNO3S/c1-3-5-12(2)19-16(20)11-23-10-13-8-14(18)17-15(9-13)21-6-4-7-22-17/h8-9,12H,3-7,10-11H2,1-2H3,(H,19,20)/t12-/m1/s1. The van der Waals surface area contributed by atoms with Gasteiger partial charge in [-0.1, -0.05) is 24.9 Å². The van der Waals surface area contributed by atoms with Gasteiger partial charge in [0.05, 0.1) is 24.0 Å². The van der Waals surface area contributed by atoms with E-state index in [0.29, 0.717) is 41.2 Å². The molecule has 0 aliphatic carbocycles. The Kier molecular flexibility index (Phi) is 7.37. The van der Waals surface area contributed by atoms with Crippen LogP contribution in [0.25, 0.3) is 0 Å². The fraction of sp³-hybridized carbons (Fsp3) is 0.588. The van der Waals surface area contributed by atoms with Gasteiger partial charge in [-0.3, -0.25) is 4.79 Å². The number of hydrogen-bond donors (Lipinski definition) is 1. The van der Waals surface area contributed by atoms with Crippen LogP contribution in [0.15, 0.2) is 12.1 Å². The van der Waals surface area contributed by atoms with E-state index in [1.54, 1.807) is 11.8 Å². The van der Waals surface area contributed by atoms with E-state index in [1.165, 1.54) is 0 Å². The van der Waals surface area contributed by atoms with Crippen LogP contribution in [0.2, 0.25) is 5.02 Å². The van der Waals surface area contributed by atoms with E-state index in [2.05, 4.69) is 12.2 Å². The van der Waals surface area contributed by atoms with Gasteiger partial charge in [0.25, 0.3) is 0 Å². The molecular weight excluding hydrogens is 334 g/mol. The van der Waals surface area contributed by atoms with E-state index in [9.17, 15) is 4.79 Å². The second-order valence-corrected chi connectivity index (χ2v) is 7.10. The number of hydrogen-bond acceptors (Lipinski definition) is 4. The van der Waals surface area contributed by atoms with Crippen molar-refractivity contribution in [1.82, 2.24) is 5.32 Å². The predicted molar refractivity (Wildman–Crippen MR) is 95.7 cm³/mol. The lowest BCUT2D eigenvalue weighted by Gasteiger charge is -2.13. The van der Waals surface area contributed by atoms with Crippen LogP contribution in [-0.4, -0.2) is 30.9 Å². The molecule has 0 saturated carbocycles. The molecule has 1 aromatic carbocycles. The van der Waals surface area contributed by atoms with Gasteiger partial charge in [-0.25, -0.2) is 0 Å². The predicted octanol–water partition coefficient (Wildman–Crippen LogP) is 4.04. The van der Waals surface area contributed by atoms with E-state index in [4.69, 9.17) is 21.1 Å². The highest BCUT2D eigenvalue weighted by Crippen LogP contribution is 2.38. The van der Waals surface area contributed by atoms with Crippen molar-refractivity contribution >= 4 is 29.3 Å². The molecule has 0 unspecified atom stereocenters. The second-order valence-electron chi connectivity index (χ2n) is 5.71. The summed E-state index contributed by atoms with van der Waals surface area (Å²) in [4.78, 5) is 11.9. The minimum Gasteiger partial charge on any atom is -0.489 e. The number of rotatable bonds is 7. The minimum atomic E-state index is 0.0800. The fourth-order valence-electron chi connectivity index (χ4n) is 2.45. The Morgan fingerprint density at radius 2 is 2.17 bits per heavy atom. The topological polar surface area (TPSA) is 47.6 Å². The number of nitrogens with one attached hydrogen (secondary N) is 1. The first-order valence-corrected chi connectivity index (χ1v) is 9.58. The third-order valence-corrected chi connectivity index (χ3v) is 4.78. The number of ether oxygens (including phenoxy) is 2. The first kappa shape index (κ1) is 18.3. The zero-order chi connectivity index (χ0) is 16.7. The number of carbonyl (C=O) groups is 1. The smallest absolute Gasteiger partial charge is 0.230 e. The van der Waals surface area contributed by atoms with Gasteiger partial charge in [-0.05, 0) is 31.0 Å². The third kappa shape index (κ3) is 5.81. The van der Waals surface area contributed by atoms with Gasteiger partial charge < -0.3 is 14.8 Å². The monoisotopic (exact) mass is 357 g/mol. The summed E-state index contributed by atoms with van der Waals surface area (Å²) >= 11 is 7.84. The Hall–Kier alpha value is -1.07. The van der Waals surface area contributed by atoms with Crippen molar-refractivity contribution in [2.24, 2.45) is 0 Å². The molecule has 1 heterocycles. The molecule has 0 bridgehead atoms. The fourth-order valence-corrected chi connectivity index (χ4v) is 3.51. The summed E-state index contributed by atoms with van der Waals surface area (Å²) in [5.41, 5.74) is 1.04. The minimum absolute atomic E-state index is 0.0800. The van der Waals surface area contributed by atoms with Gasteiger partial charge in [-0.15, -0.1) is 11.8 Å². The van der Waals surface area contributed by atoms with E-state index in [1.807, 2.05) is 19.1 Å². The molecular formula is C17H24ClNO3S. The summed E-state index contributed by atoms with van der Waals surface area (Å²) in [6, 6.07) is 4.08. The molecule has 128 valence electrons. The summed E-state index contributed by atoms with van der Waals surface area (Å²) in [5, 5.41) is 3.58. The number of halogens is 1. The molecule has 6 heteroatoms. The van der Waals surface area contributed by atoms with Crippen molar-refractivity contribution < 1.29 is 14.3 Å². The summed E-state index contributed by atoms with van der Waals surface area (Å²) < 4.78 is 11.3. The number of carbonyl (C=O) groups excluding carboxylic acids is 1. The van der Waals surface area contributed by atoms with Crippen molar-refractivity contribution in [3.63, 3.8) is 0 Å². The van der Waals surface area contributed by atoms with Crippen LogP contribution in [0.4, 0.5) is 0 Å². The lowest BCUT2D eigenvalue weighted by Crippen LogP contribution is -2.33. The molecule has 1 N–H and O–H groups in total. The maximum absolute atomic E-state index is 11.9. The van der Waals surface area contributed by atoms with Crippen molar-refractivity contribution in [3.05, 3.63) is 22.7 Å². The summed E-state index contributed by atoms with van der Waals surface area (Å²) in [5.74, 6) is 2.57. The van der Waals surface area contributed by atoms with Crippen LogP contribution < -0.4 is 14.8 Å². The summed E-state index contributed by atoms with van der Waals surface area (Å²) in [6.45, 7) is 5.41. The van der Waals surface area contributed by atoms with Crippen molar-refractivity contribution in [2.75, 3.05) is 19.0 Å². The molecule has 1 aliphatic heterocycles. The summed E-state index contributed by atoms with van der Waals surface area (Å²) in [6.07, 6.45) is 2.93. The first-order chi connectivity index (χ1) is 11.1. The molecule has 0 aromatic heterocycles. The van der Waals surface area contributed by atoms with Crippen molar-refractivity contribution in [1.29, 1.82) is 0 Å². The number of thioether (sulfide) groups is 1. The normalized spacial score (nSPS) is 14.9. The number of amides is 1. The highest BCUT2D eigenvalue weighted by Gasteiger charge is 2.16. The van der Waals surface area contributed by atoms with Gasteiger partial charge in [0.15, 0.2) is 11.5 Å². The maximum Gasteiger partial charge on any atom is 0.230 e. The van der Waals surface area contributed by atoms with E-state index >= 15 is 0 Å². The van der Waals surface area contributed by atoms with Crippen LogP contribution in [0, 0.1) is 0 Å². The van der Waals surface area contributed by atoms with E-state index < -0.39 is 0 Å². The van der Waals surface area contributed by atoms with E-state index in [-0.39, 0.29) is 11.9 Å². The molecule has 0 spiro atoms. The molecule has 1 atom stereocenters. The Morgan fingerprint density at radius 1 is 1.39 bits per heavy atom. The molecule has 2 rings (SSSR count). The van der Waals surface area contributed by atoms with Gasteiger partial charge in [0.1, 0.15) is 0 Å². The highest BCUT2D eigenvalue weighted by atomic mass is 35.5. The zero-order valence-corrected chi connectivity index (χ0v) is 15.3. The average Bonchev–Trinajstić information content (AvgIpc) is 2.73. The number of fused-ring (bicyclic) bond motifs is 1. The van der Waals surface area contributed by atoms with Crippen LogP contribution in [0.3, 0.4) is 0 Å². The Bertz CT molecular complexity index is 539.